The van der Waals surface area contributed by atoms with Crippen molar-refractivity contribution >= 4 is 49.6 Å². The van der Waals surface area contributed by atoms with Crippen molar-refractivity contribution < 1.29 is 26.9 Å². The number of hydrogen-bond acceptors (Lipinski definition) is 11. The molecule has 3 heterocycles. The molecule has 1 saturated carbocycles. The Morgan fingerprint density at radius 3 is 2.88 bits per heavy atom. The number of thioether (sulfide) groups is 1. The molecule has 1 aliphatic carbocycles. The predicted octanol–water partition coefficient (Wildman–Crippen LogP) is 2.98. The predicted molar refractivity (Wildman–Crippen MR) is 156 cm³/mol. The number of fused-ring (bicyclic) bond motifs is 1. The molecule has 0 bridgehead atoms. The summed E-state index contributed by atoms with van der Waals surface area (Å²) in [6.07, 6.45) is 4.15. The van der Waals surface area contributed by atoms with E-state index < -0.39 is 28.3 Å². The summed E-state index contributed by atoms with van der Waals surface area (Å²) in [4.78, 5) is 23.1. The lowest BCUT2D eigenvalue weighted by Crippen LogP contribution is -2.35. The molecule has 5 rings (SSSR count). The Balaban J connectivity index is 1.30. The van der Waals surface area contributed by atoms with Crippen LogP contribution in [-0.2, 0) is 30.5 Å². The molecule has 1 saturated heterocycles. The molecular formula is C26H31BrN6O6S2. The Kier molecular flexibility index (Phi) is 9.13. The van der Waals surface area contributed by atoms with E-state index in [2.05, 4.69) is 48.4 Å². The largest absolute Gasteiger partial charge is 0.364 e. The van der Waals surface area contributed by atoms with Gasteiger partial charge in [0.15, 0.2) is 5.79 Å². The number of halogens is 1. The van der Waals surface area contributed by atoms with E-state index in [-0.39, 0.29) is 35.6 Å². The average molecular weight is 668 g/mol. The first-order valence-electron chi connectivity index (χ1n) is 13.0. The third-order valence-electron chi connectivity index (χ3n) is 6.77. The molecule has 2 aromatic heterocycles. The second-order valence-electron chi connectivity index (χ2n) is 10.3. The van der Waals surface area contributed by atoms with E-state index in [1.165, 1.54) is 17.4 Å². The molecule has 3 aromatic rings. The van der Waals surface area contributed by atoms with Crippen molar-refractivity contribution in [2.24, 2.45) is 11.1 Å². The molecule has 0 amide bonds. The normalized spacial score (nSPS) is 23.4. The van der Waals surface area contributed by atoms with Gasteiger partial charge in [0.2, 0.25) is 5.78 Å². The SMILES string of the molecule is CC1(C)O[C@@H]2[C@@H](COS(N)(=O)=O)C[C@@H](Nc3ncncc3C(=O)c3ccn(Cc4cccc(SCCBr)c4)n3)[C@@H]2O1. The second kappa shape index (κ2) is 12.5. The number of carbonyl (C=O) groups is 1. The molecule has 12 nitrogen and oxygen atoms in total. The van der Waals surface area contributed by atoms with Gasteiger partial charge in [-0.1, -0.05) is 28.1 Å². The van der Waals surface area contributed by atoms with Crippen LogP contribution in [0.3, 0.4) is 0 Å². The summed E-state index contributed by atoms with van der Waals surface area (Å²) in [6, 6.07) is 9.57. The van der Waals surface area contributed by atoms with Gasteiger partial charge in [-0.25, -0.2) is 15.1 Å². The molecule has 220 valence electrons. The fraction of sp³-hybridized carbons (Fsp3) is 0.462. The van der Waals surface area contributed by atoms with Crippen molar-refractivity contribution in [3.8, 4) is 0 Å². The van der Waals surface area contributed by atoms with E-state index >= 15 is 0 Å². The zero-order valence-electron chi connectivity index (χ0n) is 22.5. The quantitative estimate of drug-likeness (QED) is 0.166. The fourth-order valence-corrected chi connectivity index (χ4v) is 6.72. The molecule has 3 N–H and O–H groups in total. The van der Waals surface area contributed by atoms with Gasteiger partial charge in [-0.15, -0.1) is 11.8 Å². The number of hydrogen-bond donors (Lipinski definition) is 2. The van der Waals surface area contributed by atoms with Crippen LogP contribution in [-0.4, -0.2) is 75.7 Å². The van der Waals surface area contributed by atoms with Gasteiger partial charge in [-0.2, -0.15) is 13.5 Å². The summed E-state index contributed by atoms with van der Waals surface area (Å²) in [5, 5.41) is 13.8. The summed E-state index contributed by atoms with van der Waals surface area (Å²) < 4.78 is 41.6. The van der Waals surface area contributed by atoms with E-state index in [4.69, 9.17) is 18.8 Å². The van der Waals surface area contributed by atoms with E-state index in [9.17, 15) is 13.2 Å². The van der Waals surface area contributed by atoms with E-state index in [0.29, 0.717) is 18.8 Å². The summed E-state index contributed by atoms with van der Waals surface area (Å²) >= 11 is 5.22. The third-order valence-corrected chi connectivity index (χ3v) is 9.15. The van der Waals surface area contributed by atoms with Gasteiger partial charge >= 0.3 is 10.3 Å². The summed E-state index contributed by atoms with van der Waals surface area (Å²) in [5.41, 5.74) is 1.60. The van der Waals surface area contributed by atoms with Gasteiger partial charge in [0.1, 0.15) is 23.9 Å². The molecule has 0 spiro atoms. The smallest absolute Gasteiger partial charge is 0.333 e. The minimum absolute atomic E-state index is 0.150. The highest BCUT2D eigenvalue weighted by Gasteiger charge is 2.54. The maximum Gasteiger partial charge on any atom is 0.333 e. The molecule has 1 aliphatic heterocycles. The summed E-state index contributed by atoms with van der Waals surface area (Å²) in [5.74, 6) is -0.227. The standard InChI is InChI=1S/C26H31BrN6O6S2/c1-26(2)38-23-17(14-37-41(28,35)36)11-21(24(23)39-26)31-25-19(12-29-15-30-25)22(34)20-6-8-33(32-20)13-16-4-3-5-18(10-16)40-9-7-27/h3-6,8,10,12,15,17,21,23-24H,7,9,11,13-14H2,1-2H3,(H2,28,35,36)(H,29,30,31)/t17-,21-,23-,24+/m1/s1. The molecule has 1 aromatic carbocycles. The molecule has 0 radical (unpaired) electrons. The Hall–Kier alpha value is -2.40. The minimum Gasteiger partial charge on any atom is -0.364 e. The van der Waals surface area contributed by atoms with Crippen molar-refractivity contribution in [2.45, 2.75) is 55.7 Å². The van der Waals surface area contributed by atoms with Gasteiger partial charge in [-0.3, -0.25) is 13.7 Å². The Bertz CT molecular complexity index is 1500. The molecule has 41 heavy (non-hydrogen) atoms. The van der Waals surface area contributed by atoms with Crippen LogP contribution in [0.4, 0.5) is 5.82 Å². The number of ether oxygens (including phenoxy) is 2. The summed E-state index contributed by atoms with van der Waals surface area (Å²) in [6.45, 7) is 3.94. The van der Waals surface area contributed by atoms with Gasteiger partial charge in [0.25, 0.3) is 0 Å². The number of carbonyl (C=O) groups excluding carboxylic acids is 1. The Labute approximate surface area is 251 Å². The first-order chi connectivity index (χ1) is 19.5. The number of benzene rings is 1. The number of alkyl halides is 1. The van der Waals surface area contributed by atoms with Crippen LogP contribution in [0.25, 0.3) is 0 Å². The first-order valence-corrected chi connectivity index (χ1v) is 16.5. The van der Waals surface area contributed by atoms with Crippen LogP contribution < -0.4 is 10.5 Å². The van der Waals surface area contributed by atoms with E-state index in [1.807, 2.05) is 12.1 Å². The Morgan fingerprint density at radius 1 is 1.29 bits per heavy atom. The molecular weight excluding hydrogens is 636 g/mol. The highest BCUT2D eigenvalue weighted by molar-refractivity contribution is 9.09. The van der Waals surface area contributed by atoms with Crippen LogP contribution in [0.1, 0.15) is 41.9 Å². The second-order valence-corrected chi connectivity index (χ2v) is 13.5. The van der Waals surface area contributed by atoms with Crippen molar-refractivity contribution in [2.75, 3.05) is 23.0 Å². The number of aromatic nitrogens is 4. The minimum atomic E-state index is -4.11. The zero-order valence-corrected chi connectivity index (χ0v) is 25.7. The summed E-state index contributed by atoms with van der Waals surface area (Å²) in [7, 11) is -4.11. The molecule has 2 fully saturated rings. The monoisotopic (exact) mass is 666 g/mol. The van der Waals surface area contributed by atoms with E-state index in [0.717, 1.165) is 16.6 Å². The van der Waals surface area contributed by atoms with E-state index in [1.54, 1.807) is 42.6 Å². The van der Waals surface area contributed by atoms with Gasteiger partial charge in [0, 0.05) is 34.3 Å². The van der Waals surface area contributed by atoms with Crippen molar-refractivity contribution in [1.29, 1.82) is 0 Å². The number of rotatable bonds is 12. The first kappa shape index (κ1) is 30.1. The van der Waals surface area contributed by atoms with Crippen LogP contribution in [0, 0.1) is 5.92 Å². The zero-order chi connectivity index (χ0) is 29.2. The van der Waals surface area contributed by atoms with Crippen LogP contribution in [0.5, 0.6) is 0 Å². The highest BCUT2D eigenvalue weighted by atomic mass is 79.9. The molecule has 15 heteroatoms. The lowest BCUT2D eigenvalue weighted by Gasteiger charge is -2.24. The maximum atomic E-state index is 13.5. The average Bonchev–Trinajstić information content (AvgIpc) is 3.60. The molecule has 4 atom stereocenters. The van der Waals surface area contributed by atoms with Crippen LogP contribution in [0.2, 0.25) is 0 Å². The number of anilines is 1. The topological polar surface area (TPSA) is 161 Å². The third kappa shape index (κ3) is 7.52. The maximum absolute atomic E-state index is 13.5. The number of nitrogens with one attached hydrogen (secondary N) is 1. The van der Waals surface area contributed by atoms with Gasteiger partial charge in [0.05, 0.1) is 30.9 Å². The Morgan fingerprint density at radius 2 is 2.10 bits per heavy atom. The van der Waals surface area contributed by atoms with Crippen LogP contribution in [0.15, 0.2) is 53.9 Å². The van der Waals surface area contributed by atoms with Crippen molar-refractivity contribution in [1.82, 2.24) is 19.7 Å². The molecule has 0 unspecified atom stereocenters. The number of nitrogens with two attached hydrogens (primary N) is 1. The molecule has 2 aliphatic rings. The van der Waals surface area contributed by atoms with Gasteiger partial charge < -0.3 is 14.8 Å². The van der Waals surface area contributed by atoms with Crippen LogP contribution >= 0.6 is 27.7 Å². The number of ketones is 1. The van der Waals surface area contributed by atoms with Gasteiger partial charge in [-0.05, 0) is 44.0 Å². The van der Waals surface area contributed by atoms with Crippen molar-refractivity contribution in [3.05, 3.63) is 65.9 Å². The number of nitrogens with zero attached hydrogens (tertiary/aromatic N) is 4. The van der Waals surface area contributed by atoms with Crippen molar-refractivity contribution in [3.63, 3.8) is 0 Å². The lowest BCUT2D eigenvalue weighted by atomic mass is 10.1. The highest BCUT2D eigenvalue weighted by Crippen LogP contribution is 2.43. The lowest BCUT2D eigenvalue weighted by molar-refractivity contribution is -0.158. The fourth-order valence-electron chi connectivity index (χ4n) is 5.15.